The SMILES string of the molecule is CC(C)C(=O)NC(Cc1c[nH]c2ccccc12)C(=O)N(C)Cc1ccc(N2CCCCC2)cc1. The number of aromatic amines is 1. The molecule has 0 bridgehead atoms. The minimum atomic E-state index is -0.619. The number of amides is 2. The Morgan fingerprint density at radius 1 is 1.03 bits per heavy atom. The first-order valence-electron chi connectivity index (χ1n) is 12.4. The molecule has 0 radical (unpaired) electrons. The summed E-state index contributed by atoms with van der Waals surface area (Å²) in [5, 5.41) is 4.07. The van der Waals surface area contributed by atoms with Crippen LogP contribution in [0.4, 0.5) is 5.69 Å². The quantitative estimate of drug-likeness (QED) is 0.520. The van der Waals surface area contributed by atoms with Gasteiger partial charge in [0.2, 0.25) is 11.8 Å². The van der Waals surface area contributed by atoms with Crippen LogP contribution < -0.4 is 10.2 Å². The second-order valence-electron chi connectivity index (χ2n) is 9.69. The van der Waals surface area contributed by atoms with Gasteiger partial charge in [0.05, 0.1) is 0 Å². The first kappa shape index (κ1) is 23.9. The van der Waals surface area contributed by atoms with Crippen molar-refractivity contribution in [1.29, 1.82) is 0 Å². The van der Waals surface area contributed by atoms with Gasteiger partial charge in [0.1, 0.15) is 6.04 Å². The molecule has 4 rings (SSSR count). The van der Waals surface area contributed by atoms with Gasteiger partial charge in [-0.3, -0.25) is 9.59 Å². The number of H-pyrrole nitrogens is 1. The van der Waals surface area contributed by atoms with Crippen molar-refractivity contribution in [3.63, 3.8) is 0 Å². The van der Waals surface area contributed by atoms with Crippen LogP contribution in [0.5, 0.6) is 0 Å². The number of carbonyl (C=O) groups excluding carboxylic acids is 2. The zero-order valence-electron chi connectivity index (χ0n) is 20.5. The molecule has 1 aromatic heterocycles. The molecule has 1 aliphatic heterocycles. The molecule has 3 aromatic rings. The minimum absolute atomic E-state index is 0.0839. The van der Waals surface area contributed by atoms with Crippen LogP contribution in [-0.4, -0.2) is 47.9 Å². The largest absolute Gasteiger partial charge is 0.372 e. The standard InChI is InChI=1S/C28H36N4O2/c1-20(2)27(33)30-26(17-22-18-29-25-10-6-5-9-24(22)25)28(34)31(3)19-21-11-13-23(14-12-21)32-15-7-4-8-16-32/h5-6,9-14,18,20,26,29H,4,7-8,15-17,19H2,1-3H3,(H,30,33). The van der Waals surface area contributed by atoms with E-state index in [2.05, 4.69) is 39.5 Å². The summed E-state index contributed by atoms with van der Waals surface area (Å²) < 4.78 is 0. The lowest BCUT2D eigenvalue weighted by molar-refractivity contribution is -0.136. The van der Waals surface area contributed by atoms with Gasteiger partial charge in [-0.05, 0) is 48.6 Å². The Morgan fingerprint density at radius 3 is 2.44 bits per heavy atom. The number of piperidine rings is 1. The van der Waals surface area contributed by atoms with Gasteiger partial charge < -0.3 is 20.1 Å². The van der Waals surface area contributed by atoms with Gasteiger partial charge in [-0.25, -0.2) is 0 Å². The van der Waals surface area contributed by atoms with Crippen LogP contribution in [0.15, 0.2) is 54.7 Å². The van der Waals surface area contributed by atoms with Crippen LogP contribution in [0.1, 0.15) is 44.2 Å². The molecule has 2 N–H and O–H groups in total. The molecule has 1 atom stereocenters. The van der Waals surface area contributed by atoms with Crippen molar-refractivity contribution in [2.75, 3.05) is 25.0 Å². The lowest BCUT2D eigenvalue weighted by atomic mass is 10.0. The number of fused-ring (bicyclic) bond motifs is 1. The van der Waals surface area contributed by atoms with Gasteiger partial charge in [-0.15, -0.1) is 0 Å². The Morgan fingerprint density at radius 2 is 1.74 bits per heavy atom. The lowest BCUT2D eigenvalue weighted by Crippen LogP contribution is -2.49. The Labute approximate surface area is 202 Å². The number of likely N-dealkylation sites (N-methyl/N-ethyl adjacent to an activating group) is 1. The summed E-state index contributed by atoms with van der Waals surface area (Å²) in [5.74, 6) is -0.386. The molecular formula is C28H36N4O2. The highest BCUT2D eigenvalue weighted by Crippen LogP contribution is 2.22. The summed E-state index contributed by atoms with van der Waals surface area (Å²) in [5.41, 5.74) is 4.38. The Bertz CT molecular complexity index is 1110. The van der Waals surface area contributed by atoms with E-state index >= 15 is 0 Å². The summed E-state index contributed by atoms with van der Waals surface area (Å²) in [6.07, 6.45) is 6.19. The zero-order chi connectivity index (χ0) is 24.1. The Hall–Kier alpha value is -3.28. The molecule has 2 amide bonds. The number of nitrogens with one attached hydrogen (secondary N) is 2. The molecule has 6 heteroatoms. The maximum atomic E-state index is 13.5. The molecular weight excluding hydrogens is 424 g/mol. The fraction of sp³-hybridized carbons (Fsp3) is 0.429. The number of hydrogen-bond acceptors (Lipinski definition) is 3. The van der Waals surface area contributed by atoms with Crippen LogP contribution in [0.2, 0.25) is 0 Å². The number of nitrogens with zero attached hydrogens (tertiary/aromatic N) is 2. The maximum Gasteiger partial charge on any atom is 0.245 e. The van der Waals surface area contributed by atoms with Crippen molar-refractivity contribution in [3.05, 3.63) is 65.9 Å². The van der Waals surface area contributed by atoms with Crippen molar-refractivity contribution in [2.24, 2.45) is 5.92 Å². The lowest BCUT2D eigenvalue weighted by Gasteiger charge is -2.29. The smallest absolute Gasteiger partial charge is 0.245 e. The van der Waals surface area contributed by atoms with Crippen LogP contribution in [-0.2, 0) is 22.6 Å². The van der Waals surface area contributed by atoms with Crippen LogP contribution in [0.3, 0.4) is 0 Å². The number of benzene rings is 2. The van der Waals surface area contributed by atoms with E-state index in [-0.39, 0.29) is 17.7 Å². The predicted molar refractivity (Wildman–Crippen MR) is 138 cm³/mol. The molecule has 2 heterocycles. The van der Waals surface area contributed by atoms with E-state index < -0.39 is 6.04 Å². The Kier molecular flexibility index (Phi) is 7.56. The highest BCUT2D eigenvalue weighted by atomic mass is 16.2. The van der Waals surface area contributed by atoms with Gasteiger partial charge >= 0.3 is 0 Å². The van der Waals surface area contributed by atoms with Crippen LogP contribution in [0.25, 0.3) is 10.9 Å². The summed E-state index contributed by atoms with van der Waals surface area (Å²) >= 11 is 0. The number of para-hydroxylation sites is 1. The molecule has 180 valence electrons. The average molecular weight is 461 g/mol. The second-order valence-corrected chi connectivity index (χ2v) is 9.69. The summed E-state index contributed by atoms with van der Waals surface area (Å²) in [6.45, 7) is 6.42. The van der Waals surface area contributed by atoms with E-state index in [1.165, 1.54) is 24.9 Å². The number of aromatic nitrogens is 1. The Balaban J connectivity index is 1.46. The van der Waals surface area contributed by atoms with Crippen molar-refractivity contribution in [2.45, 2.75) is 52.1 Å². The maximum absolute atomic E-state index is 13.5. The normalized spacial score (nSPS) is 14.9. The number of carbonyl (C=O) groups is 2. The molecule has 2 aromatic carbocycles. The van der Waals surface area contributed by atoms with E-state index in [9.17, 15) is 9.59 Å². The fourth-order valence-corrected chi connectivity index (χ4v) is 4.64. The molecule has 1 fully saturated rings. The molecule has 0 spiro atoms. The molecule has 1 unspecified atom stereocenters. The van der Waals surface area contributed by atoms with E-state index in [4.69, 9.17) is 0 Å². The number of rotatable bonds is 8. The average Bonchev–Trinajstić information content (AvgIpc) is 3.27. The van der Waals surface area contributed by atoms with E-state index in [0.29, 0.717) is 13.0 Å². The molecule has 6 nitrogen and oxygen atoms in total. The van der Waals surface area contributed by atoms with Gasteiger partial charge in [0, 0.05) is 61.8 Å². The number of hydrogen-bond donors (Lipinski definition) is 2. The van der Waals surface area contributed by atoms with E-state index in [1.807, 2.05) is 51.4 Å². The van der Waals surface area contributed by atoms with Crippen LogP contribution >= 0.6 is 0 Å². The first-order chi connectivity index (χ1) is 16.4. The third kappa shape index (κ3) is 5.61. The van der Waals surface area contributed by atoms with Gasteiger partial charge in [-0.2, -0.15) is 0 Å². The second kappa shape index (κ2) is 10.8. The van der Waals surface area contributed by atoms with Crippen LogP contribution in [0, 0.1) is 5.92 Å². The predicted octanol–water partition coefficient (Wildman–Crippen LogP) is 4.50. The third-order valence-corrected chi connectivity index (χ3v) is 6.69. The summed E-state index contributed by atoms with van der Waals surface area (Å²) in [6, 6.07) is 15.9. The molecule has 1 aliphatic rings. The van der Waals surface area contributed by atoms with Gasteiger partial charge in [-0.1, -0.05) is 44.2 Å². The van der Waals surface area contributed by atoms with Gasteiger partial charge in [0.15, 0.2) is 0 Å². The molecule has 1 saturated heterocycles. The third-order valence-electron chi connectivity index (χ3n) is 6.69. The monoisotopic (exact) mass is 460 g/mol. The van der Waals surface area contributed by atoms with Crippen molar-refractivity contribution in [3.8, 4) is 0 Å². The molecule has 0 saturated carbocycles. The highest BCUT2D eigenvalue weighted by molar-refractivity contribution is 5.90. The summed E-state index contributed by atoms with van der Waals surface area (Å²) in [4.78, 5) is 33.4. The summed E-state index contributed by atoms with van der Waals surface area (Å²) in [7, 11) is 1.81. The number of anilines is 1. The topological polar surface area (TPSA) is 68.4 Å². The zero-order valence-corrected chi connectivity index (χ0v) is 20.5. The van der Waals surface area contributed by atoms with E-state index in [0.717, 1.165) is 35.1 Å². The molecule has 0 aliphatic carbocycles. The van der Waals surface area contributed by atoms with Gasteiger partial charge in [0.25, 0.3) is 0 Å². The fourth-order valence-electron chi connectivity index (χ4n) is 4.64. The molecule has 34 heavy (non-hydrogen) atoms. The van der Waals surface area contributed by atoms with E-state index in [1.54, 1.807) is 4.90 Å². The van der Waals surface area contributed by atoms with Crippen molar-refractivity contribution >= 4 is 28.4 Å². The minimum Gasteiger partial charge on any atom is -0.372 e. The van der Waals surface area contributed by atoms with Crippen molar-refractivity contribution in [1.82, 2.24) is 15.2 Å². The first-order valence-corrected chi connectivity index (χ1v) is 12.4. The van der Waals surface area contributed by atoms with Crippen molar-refractivity contribution < 1.29 is 9.59 Å². The highest BCUT2D eigenvalue weighted by Gasteiger charge is 2.26.